The van der Waals surface area contributed by atoms with E-state index in [0.717, 1.165) is 44.8 Å². The maximum atomic E-state index is 11.5. The first-order valence-electron chi connectivity index (χ1n) is 9.19. The van der Waals surface area contributed by atoms with Gasteiger partial charge in [0.2, 0.25) is 0 Å². The molecule has 0 amide bonds. The molecular weight excluding hydrogens is 296 g/mol. The molecule has 4 N–H and O–H groups in total. The maximum absolute atomic E-state index is 11.5. The Morgan fingerprint density at radius 2 is 1.18 bits per heavy atom. The minimum atomic E-state index is -1.10. The van der Waals surface area contributed by atoms with E-state index in [1.165, 1.54) is 38.5 Å². The molecule has 0 heterocycles. The number of nitrogens with two attached hydrogens (primary N) is 2. The van der Waals surface area contributed by atoms with Gasteiger partial charge in [0, 0.05) is 12.1 Å². The maximum Gasteiger partial charge on any atom is 0.144 e. The molecule has 3 nitrogen and oxygen atoms in total. The van der Waals surface area contributed by atoms with Crippen LogP contribution in [0.3, 0.4) is 0 Å². The monoisotopic (exact) mass is 332 g/mol. The molecule has 2 atom stereocenters. The third kappa shape index (κ3) is 8.50. The van der Waals surface area contributed by atoms with Crippen LogP contribution in [0.25, 0.3) is 0 Å². The van der Waals surface area contributed by atoms with Crippen molar-refractivity contribution in [1.29, 1.82) is 0 Å². The molecule has 0 fully saturated rings. The fourth-order valence-corrected chi connectivity index (χ4v) is 3.05. The van der Waals surface area contributed by atoms with E-state index in [2.05, 4.69) is 13.8 Å². The van der Waals surface area contributed by atoms with Crippen molar-refractivity contribution in [2.24, 2.45) is 11.5 Å². The standard InChI is InChI=1S/C18H37ClN2O/c1-3-5-7-9-11-13-16(20)18(19,15-22)17(21)14-12-10-8-6-4-2/h15-17H,3-14,20-21H2,1-2H3. The van der Waals surface area contributed by atoms with E-state index in [1.54, 1.807) is 0 Å². The number of carbonyl (C=O) groups is 1. The second-order valence-corrected chi connectivity index (χ2v) is 7.22. The number of hydrogen-bond donors (Lipinski definition) is 2. The molecule has 0 aliphatic carbocycles. The first kappa shape index (κ1) is 21.9. The van der Waals surface area contributed by atoms with Crippen LogP contribution < -0.4 is 11.5 Å². The van der Waals surface area contributed by atoms with Crippen molar-refractivity contribution in [2.75, 3.05) is 0 Å². The van der Waals surface area contributed by atoms with Crippen molar-refractivity contribution in [2.45, 2.75) is 108 Å². The summed E-state index contributed by atoms with van der Waals surface area (Å²) in [5.74, 6) is 0. The quantitative estimate of drug-likeness (QED) is 0.263. The molecule has 0 aliphatic heterocycles. The van der Waals surface area contributed by atoms with Crippen molar-refractivity contribution in [3.8, 4) is 0 Å². The molecule has 0 aromatic heterocycles. The van der Waals surface area contributed by atoms with Crippen LogP contribution in [0.15, 0.2) is 0 Å². The summed E-state index contributed by atoms with van der Waals surface area (Å²) in [7, 11) is 0. The normalized spacial score (nSPS) is 17.0. The number of halogens is 1. The molecule has 0 aromatic carbocycles. The van der Waals surface area contributed by atoms with Crippen molar-refractivity contribution in [1.82, 2.24) is 0 Å². The lowest BCUT2D eigenvalue weighted by Gasteiger charge is -2.33. The van der Waals surface area contributed by atoms with E-state index in [0.29, 0.717) is 0 Å². The summed E-state index contributed by atoms with van der Waals surface area (Å²) in [5.41, 5.74) is 12.4. The molecule has 0 saturated carbocycles. The molecule has 4 heteroatoms. The molecule has 0 rings (SSSR count). The molecule has 0 aliphatic rings. The third-order valence-electron chi connectivity index (χ3n) is 4.55. The molecule has 22 heavy (non-hydrogen) atoms. The third-order valence-corrected chi connectivity index (χ3v) is 5.20. The van der Waals surface area contributed by atoms with E-state index in [-0.39, 0.29) is 12.1 Å². The van der Waals surface area contributed by atoms with Crippen LogP contribution in [-0.4, -0.2) is 23.2 Å². The number of rotatable bonds is 15. The van der Waals surface area contributed by atoms with Crippen molar-refractivity contribution in [3.05, 3.63) is 0 Å². The number of carbonyl (C=O) groups excluding carboxylic acids is 1. The first-order chi connectivity index (χ1) is 10.5. The fraction of sp³-hybridized carbons (Fsp3) is 0.944. The topological polar surface area (TPSA) is 69.1 Å². The van der Waals surface area contributed by atoms with Gasteiger partial charge in [0.05, 0.1) is 0 Å². The summed E-state index contributed by atoms with van der Waals surface area (Å²) < 4.78 is 0. The van der Waals surface area contributed by atoms with Crippen LogP contribution in [0, 0.1) is 0 Å². The van der Waals surface area contributed by atoms with Crippen LogP contribution >= 0.6 is 11.6 Å². The van der Waals surface area contributed by atoms with Gasteiger partial charge in [-0.15, -0.1) is 11.6 Å². The highest BCUT2D eigenvalue weighted by atomic mass is 35.5. The van der Waals surface area contributed by atoms with E-state index in [4.69, 9.17) is 23.1 Å². The van der Waals surface area contributed by atoms with E-state index in [9.17, 15) is 4.79 Å². The second-order valence-electron chi connectivity index (χ2n) is 6.56. The van der Waals surface area contributed by atoms with Gasteiger partial charge in [-0.25, -0.2) is 0 Å². The predicted octanol–water partition coefficient (Wildman–Crippen LogP) is 4.54. The lowest BCUT2D eigenvalue weighted by Crippen LogP contribution is -2.56. The Hall–Kier alpha value is -0.120. The summed E-state index contributed by atoms with van der Waals surface area (Å²) in [6, 6.07) is -0.696. The van der Waals surface area contributed by atoms with Crippen molar-refractivity contribution in [3.63, 3.8) is 0 Å². The highest BCUT2D eigenvalue weighted by molar-refractivity contribution is 6.32. The number of aldehydes is 1. The lowest BCUT2D eigenvalue weighted by molar-refractivity contribution is -0.111. The molecule has 0 saturated heterocycles. The molecule has 0 spiro atoms. The number of alkyl halides is 1. The Labute approximate surface area is 142 Å². The largest absolute Gasteiger partial charge is 0.326 e. The SMILES string of the molecule is CCCCCCCC(N)C(Cl)(C=O)C(N)CCCCCCC. The number of hydrogen-bond acceptors (Lipinski definition) is 3. The highest BCUT2D eigenvalue weighted by Gasteiger charge is 2.39. The minimum Gasteiger partial charge on any atom is -0.326 e. The lowest BCUT2D eigenvalue weighted by atomic mass is 9.86. The van der Waals surface area contributed by atoms with Gasteiger partial charge in [-0.3, -0.25) is 0 Å². The van der Waals surface area contributed by atoms with Crippen LogP contribution in [0.1, 0.15) is 90.9 Å². The zero-order chi connectivity index (χ0) is 16.8. The van der Waals surface area contributed by atoms with E-state index < -0.39 is 4.87 Å². The summed E-state index contributed by atoms with van der Waals surface area (Å²) in [4.78, 5) is 10.4. The Morgan fingerprint density at radius 3 is 1.50 bits per heavy atom. The Balaban J connectivity index is 4.14. The Kier molecular flexibility index (Phi) is 13.3. The Bertz CT molecular complexity index is 254. The van der Waals surface area contributed by atoms with Gasteiger partial charge in [0.15, 0.2) is 0 Å². The summed E-state index contributed by atoms with van der Waals surface area (Å²) >= 11 is 6.49. The van der Waals surface area contributed by atoms with Gasteiger partial charge < -0.3 is 16.3 Å². The minimum absolute atomic E-state index is 0.348. The van der Waals surface area contributed by atoms with Gasteiger partial charge in [0.25, 0.3) is 0 Å². The summed E-state index contributed by atoms with van der Waals surface area (Å²) in [6.07, 6.45) is 14.1. The van der Waals surface area contributed by atoms with Gasteiger partial charge in [-0.1, -0.05) is 78.1 Å². The van der Waals surface area contributed by atoms with Crippen molar-refractivity contribution >= 4 is 17.9 Å². The molecular formula is C18H37ClN2O. The fourth-order valence-electron chi connectivity index (χ4n) is 2.83. The predicted molar refractivity (Wildman–Crippen MR) is 97.4 cm³/mol. The zero-order valence-electron chi connectivity index (χ0n) is 14.7. The highest BCUT2D eigenvalue weighted by Crippen LogP contribution is 2.26. The van der Waals surface area contributed by atoms with Gasteiger partial charge >= 0.3 is 0 Å². The number of unbranched alkanes of at least 4 members (excludes halogenated alkanes) is 8. The van der Waals surface area contributed by atoms with Gasteiger partial charge in [-0.2, -0.15) is 0 Å². The average molecular weight is 333 g/mol. The average Bonchev–Trinajstić information content (AvgIpc) is 2.53. The molecule has 0 aromatic rings. The first-order valence-corrected chi connectivity index (χ1v) is 9.57. The van der Waals surface area contributed by atoms with E-state index >= 15 is 0 Å². The smallest absolute Gasteiger partial charge is 0.144 e. The zero-order valence-corrected chi connectivity index (χ0v) is 15.4. The summed E-state index contributed by atoms with van der Waals surface area (Å²) in [5, 5.41) is 0. The Morgan fingerprint density at radius 1 is 0.818 bits per heavy atom. The molecule has 132 valence electrons. The van der Waals surface area contributed by atoms with Gasteiger partial charge in [-0.05, 0) is 12.8 Å². The van der Waals surface area contributed by atoms with Crippen molar-refractivity contribution < 1.29 is 4.79 Å². The molecule has 0 bridgehead atoms. The van der Waals surface area contributed by atoms with E-state index in [1.807, 2.05) is 0 Å². The van der Waals surface area contributed by atoms with Crippen LogP contribution in [0.2, 0.25) is 0 Å². The van der Waals surface area contributed by atoms with Crippen LogP contribution in [-0.2, 0) is 4.79 Å². The van der Waals surface area contributed by atoms with Crippen LogP contribution in [0.4, 0.5) is 0 Å². The molecule has 0 radical (unpaired) electrons. The molecule has 2 unspecified atom stereocenters. The van der Waals surface area contributed by atoms with Gasteiger partial charge in [0.1, 0.15) is 11.2 Å². The summed E-state index contributed by atoms with van der Waals surface area (Å²) in [6.45, 7) is 4.39. The van der Waals surface area contributed by atoms with Crippen LogP contribution in [0.5, 0.6) is 0 Å². The second kappa shape index (κ2) is 13.3.